The van der Waals surface area contributed by atoms with Gasteiger partial charge in [-0.25, -0.2) is 4.79 Å². The highest BCUT2D eigenvalue weighted by Crippen LogP contribution is 2.24. The Hall–Kier alpha value is -3.31. The number of esters is 1. The number of hydrogen-bond donors (Lipinski definition) is 1. The molecule has 154 valence electrons. The van der Waals surface area contributed by atoms with Gasteiger partial charge < -0.3 is 15.0 Å². The van der Waals surface area contributed by atoms with Crippen LogP contribution >= 0.6 is 11.8 Å². The predicted molar refractivity (Wildman–Crippen MR) is 113 cm³/mol. The van der Waals surface area contributed by atoms with Crippen molar-refractivity contribution >= 4 is 35.2 Å². The summed E-state index contributed by atoms with van der Waals surface area (Å²) in [6.45, 7) is 1.12. The fraction of sp³-hybridized carbons (Fsp3) is 0.273. The zero-order chi connectivity index (χ0) is 21.3. The lowest BCUT2D eigenvalue weighted by molar-refractivity contribution is -0.133. The number of benzene rings is 2. The number of ether oxygens (including phenoxy) is 1. The third-order valence-electron chi connectivity index (χ3n) is 4.53. The SMILES string of the molecule is N#Cc1cccc(NC(=O)CSc2ccccc2C(=O)OCC(=O)N2CCCC2)c1. The van der Waals surface area contributed by atoms with Crippen molar-refractivity contribution in [3.05, 3.63) is 59.7 Å². The molecule has 1 fully saturated rings. The van der Waals surface area contributed by atoms with E-state index >= 15 is 0 Å². The van der Waals surface area contributed by atoms with E-state index < -0.39 is 5.97 Å². The number of nitrogens with zero attached hydrogens (tertiary/aromatic N) is 2. The smallest absolute Gasteiger partial charge is 0.339 e. The number of rotatable bonds is 7. The van der Waals surface area contributed by atoms with Crippen LogP contribution in [0, 0.1) is 11.3 Å². The second kappa shape index (κ2) is 10.5. The molecule has 1 N–H and O–H groups in total. The Bertz CT molecular complexity index is 980. The summed E-state index contributed by atoms with van der Waals surface area (Å²) in [6, 6.07) is 15.5. The van der Waals surface area contributed by atoms with Gasteiger partial charge in [-0.3, -0.25) is 9.59 Å². The fourth-order valence-electron chi connectivity index (χ4n) is 3.03. The van der Waals surface area contributed by atoms with Crippen LogP contribution in [0.5, 0.6) is 0 Å². The maximum atomic E-state index is 12.5. The second-order valence-electron chi connectivity index (χ2n) is 6.69. The summed E-state index contributed by atoms with van der Waals surface area (Å²) >= 11 is 1.20. The minimum Gasteiger partial charge on any atom is -0.452 e. The van der Waals surface area contributed by atoms with Crippen LogP contribution in [0.25, 0.3) is 0 Å². The number of hydrogen-bond acceptors (Lipinski definition) is 6. The number of thioether (sulfide) groups is 1. The highest BCUT2D eigenvalue weighted by molar-refractivity contribution is 8.00. The van der Waals surface area contributed by atoms with Gasteiger partial charge in [0.1, 0.15) is 0 Å². The van der Waals surface area contributed by atoms with E-state index in [1.807, 2.05) is 6.07 Å². The summed E-state index contributed by atoms with van der Waals surface area (Å²) < 4.78 is 5.20. The lowest BCUT2D eigenvalue weighted by Crippen LogP contribution is -2.32. The molecule has 1 heterocycles. The first-order valence-corrected chi connectivity index (χ1v) is 10.5. The van der Waals surface area contributed by atoms with Crippen LogP contribution in [-0.2, 0) is 14.3 Å². The first-order valence-electron chi connectivity index (χ1n) is 9.53. The van der Waals surface area contributed by atoms with E-state index in [1.54, 1.807) is 53.4 Å². The summed E-state index contributed by atoms with van der Waals surface area (Å²) in [5, 5.41) is 11.7. The molecule has 7 nitrogen and oxygen atoms in total. The van der Waals surface area contributed by atoms with E-state index in [1.165, 1.54) is 11.8 Å². The van der Waals surface area contributed by atoms with Gasteiger partial charge in [-0.05, 0) is 43.2 Å². The van der Waals surface area contributed by atoms with Crippen LogP contribution in [0.2, 0.25) is 0 Å². The molecule has 0 aromatic heterocycles. The van der Waals surface area contributed by atoms with E-state index in [4.69, 9.17) is 10.00 Å². The Kier molecular flexibility index (Phi) is 7.46. The third-order valence-corrected chi connectivity index (χ3v) is 5.60. The molecule has 0 radical (unpaired) electrons. The number of anilines is 1. The number of carbonyl (C=O) groups excluding carboxylic acids is 3. The molecule has 0 aliphatic carbocycles. The van der Waals surface area contributed by atoms with Crippen LogP contribution in [0.1, 0.15) is 28.8 Å². The zero-order valence-electron chi connectivity index (χ0n) is 16.3. The van der Waals surface area contributed by atoms with Crippen molar-refractivity contribution in [2.45, 2.75) is 17.7 Å². The van der Waals surface area contributed by atoms with Crippen LogP contribution < -0.4 is 5.32 Å². The van der Waals surface area contributed by atoms with Crippen molar-refractivity contribution in [1.82, 2.24) is 4.90 Å². The van der Waals surface area contributed by atoms with Gasteiger partial charge in [-0.2, -0.15) is 5.26 Å². The normalized spacial score (nSPS) is 12.8. The lowest BCUT2D eigenvalue weighted by atomic mass is 10.2. The van der Waals surface area contributed by atoms with E-state index in [0.717, 1.165) is 12.8 Å². The van der Waals surface area contributed by atoms with Gasteiger partial charge >= 0.3 is 5.97 Å². The molecule has 0 bridgehead atoms. The maximum Gasteiger partial charge on any atom is 0.339 e. The van der Waals surface area contributed by atoms with Gasteiger partial charge in [0.2, 0.25) is 5.91 Å². The summed E-state index contributed by atoms with van der Waals surface area (Å²) in [5.74, 6) is -0.964. The monoisotopic (exact) mass is 423 g/mol. The number of amides is 2. The van der Waals surface area contributed by atoms with Gasteiger partial charge in [0, 0.05) is 23.7 Å². The molecule has 2 aromatic carbocycles. The Labute approximate surface area is 179 Å². The second-order valence-corrected chi connectivity index (χ2v) is 7.71. The average Bonchev–Trinajstić information content (AvgIpc) is 3.31. The molecular formula is C22H21N3O4S. The van der Waals surface area contributed by atoms with E-state index in [2.05, 4.69) is 5.32 Å². The average molecular weight is 423 g/mol. The topological polar surface area (TPSA) is 99.5 Å². The molecule has 2 aromatic rings. The maximum absolute atomic E-state index is 12.5. The van der Waals surface area contributed by atoms with Crippen molar-refractivity contribution in [2.24, 2.45) is 0 Å². The Balaban J connectivity index is 1.55. The molecule has 1 aliphatic rings. The van der Waals surface area contributed by atoms with Crippen LogP contribution in [-0.4, -0.2) is 48.1 Å². The molecule has 3 rings (SSSR count). The molecule has 2 amide bonds. The summed E-state index contributed by atoms with van der Waals surface area (Å²) in [6.07, 6.45) is 1.95. The Morgan fingerprint density at radius 2 is 1.87 bits per heavy atom. The van der Waals surface area contributed by atoms with E-state index in [-0.39, 0.29) is 24.2 Å². The minimum atomic E-state index is -0.590. The van der Waals surface area contributed by atoms with Crippen LogP contribution in [0.15, 0.2) is 53.4 Å². The number of nitrogens with one attached hydrogen (secondary N) is 1. The van der Waals surface area contributed by atoms with Gasteiger partial charge in [0.25, 0.3) is 5.91 Å². The summed E-state index contributed by atoms with van der Waals surface area (Å²) in [7, 11) is 0. The van der Waals surface area contributed by atoms with Crippen molar-refractivity contribution < 1.29 is 19.1 Å². The number of nitriles is 1. The summed E-state index contributed by atoms with van der Waals surface area (Å²) in [5.41, 5.74) is 1.31. The molecule has 1 aliphatic heterocycles. The molecule has 8 heteroatoms. The first-order chi connectivity index (χ1) is 14.6. The lowest BCUT2D eigenvalue weighted by Gasteiger charge is -2.15. The molecule has 0 saturated carbocycles. The number of carbonyl (C=O) groups is 3. The first kappa shape index (κ1) is 21.4. The van der Waals surface area contributed by atoms with Gasteiger partial charge in [0.15, 0.2) is 6.61 Å². The van der Waals surface area contributed by atoms with Crippen LogP contribution in [0.4, 0.5) is 5.69 Å². The van der Waals surface area contributed by atoms with Crippen molar-refractivity contribution in [2.75, 3.05) is 30.8 Å². The standard InChI is InChI=1S/C22H21N3O4S/c23-13-16-6-5-7-17(12-16)24-20(26)15-30-19-9-2-1-8-18(19)22(28)29-14-21(27)25-10-3-4-11-25/h1-2,5-9,12H,3-4,10-11,14-15H2,(H,24,26). The summed E-state index contributed by atoms with van der Waals surface area (Å²) in [4.78, 5) is 39.1. The van der Waals surface area contributed by atoms with Crippen molar-refractivity contribution in [3.8, 4) is 6.07 Å². The molecule has 0 unspecified atom stereocenters. The predicted octanol–water partition coefficient (Wildman–Crippen LogP) is 3.07. The highest BCUT2D eigenvalue weighted by Gasteiger charge is 2.21. The fourth-order valence-corrected chi connectivity index (χ4v) is 3.87. The van der Waals surface area contributed by atoms with Crippen molar-refractivity contribution in [1.29, 1.82) is 5.26 Å². The Morgan fingerprint density at radius 1 is 1.10 bits per heavy atom. The molecule has 0 spiro atoms. The zero-order valence-corrected chi connectivity index (χ0v) is 17.1. The van der Waals surface area contributed by atoms with Gasteiger partial charge in [-0.15, -0.1) is 11.8 Å². The molecule has 30 heavy (non-hydrogen) atoms. The molecule has 0 atom stereocenters. The largest absolute Gasteiger partial charge is 0.452 e. The number of likely N-dealkylation sites (tertiary alicyclic amines) is 1. The molecular weight excluding hydrogens is 402 g/mol. The minimum absolute atomic E-state index is 0.0772. The molecule has 1 saturated heterocycles. The quantitative estimate of drug-likeness (QED) is 0.543. The van der Waals surface area contributed by atoms with Gasteiger partial charge in [0.05, 0.1) is 22.9 Å². The third kappa shape index (κ3) is 5.84. The van der Waals surface area contributed by atoms with Crippen LogP contribution in [0.3, 0.4) is 0 Å². The Morgan fingerprint density at radius 3 is 2.63 bits per heavy atom. The van der Waals surface area contributed by atoms with E-state index in [0.29, 0.717) is 34.8 Å². The highest BCUT2D eigenvalue weighted by atomic mass is 32.2. The van der Waals surface area contributed by atoms with E-state index in [9.17, 15) is 14.4 Å². The van der Waals surface area contributed by atoms with Gasteiger partial charge in [-0.1, -0.05) is 18.2 Å². The van der Waals surface area contributed by atoms with Crippen molar-refractivity contribution in [3.63, 3.8) is 0 Å².